The molecular formula is C6H14O6S. The lowest BCUT2D eigenvalue weighted by Gasteiger charge is -2.37. The van der Waals surface area contributed by atoms with Gasteiger partial charge in [0.05, 0.1) is 6.61 Å². The van der Waals surface area contributed by atoms with Crippen molar-refractivity contribution in [3.05, 3.63) is 0 Å². The topological polar surface area (TPSA) is 110 Å². The van der Waals surface area contributed by atoms with Gasteiger partial charge in [-0.25, -0.2) is 0 Å². The Labute approximate surface area is 81.8 Å². The monoisotopic (exact) mass is 214 g/mol. The lowest BCUT2D eigenvalue weighted by Crippen LogP contribution is -2.58. The van der Waals surface area contributed by atoms with Crippen molar-refractivity contribution >= 4 is 13.5 Å². The van der Waals surface area contributed by atoms with E-state index in [-0.39, 0.29) is 13.5 Å². The Balaban J connectivity index is 0.00000144. The molecule has 1 heterocycles. The highest BCUT2D eigenvalue weighted by molar-refractivity contribution is 7.59. The van der Waals surface area contributed by atoms with Gasteiger partial charge in [0.25, 0.3) is 0 Å². The molecule has 1 aliphatic heterocycles. The van der Waals surface area contributed by atoms with Crippen LogP contribution in [0, 0.1) is 0 Å². The van der Waals surface area contributed by atoms with E-state index in [9.17, 15) is 0 Å². The molecule has 80 valence electrons. The molecule has 7 heteroatoms. The molecule has 0 aliphatic carbocycles. The summed E-state index contributed by atoms with van der Waals surface area (Å²) in [5.41, 5.74) is 0. The van der Waals surface area contributed by atoms with Crippen molar-refractivity contribution in [3.63, 3.8) is 0 Å². The molecule has 0 spiro atoms. The van der Waals surface area contributed by atoms with E-state index in [2.05, 4.69) is 4.74 Å². The summed E-state index contributed by atoms with van der Waals surface area (Å²) < 4.78 is 4.58. The Morgan fingerprint density at radius 2 is 1.46 bits per heavy atom. The van der Waals surface area contributed by atoms with Gasteiger partial charge in [0.15, 0.2) is 6.29 Å². The Morgan fingerprint density at radius 3 is 1.92 bits per heavy atom. The minimum atomic E-state index is -1.57. The molecule has 0 aromatic heterocycles. The van der Waals surface area contributed by atoms with Gasteiger partial charge < -0.3 is 30.3 Å². The Kier molecular flexibility index (Phi) is 5.15. The SMILES string of the molecule is OCC1OC(O)[C@H](O)C(O)C1O.S. The molecule has 1 fully saturated rings. The first-order valence-electron chi connectivity index (χ1n) is 3.56. The van der Waals surface area contributed by atoms with E-state index >= 15 is 0 Å². The molecule has 13 heavy (non-hydrogen) atoms. The Morgan fingerprint density at radius 1 is 0.923 bits per heavy atom. The molecule has 5 atom stereocenters. The van der Waals surface area contributed by atoms with E-state index in [1.807, 2.05) is 0 Å². The molecule has 4 unspecified atom stereocenters. The summed E-state index contributed by atoms with van der Waals surface area (Å²) in [5, 5.41) is 44.7. The molecule has 0 amide bonds. The van der Waals surface area contributed by atoms with Crippen molar-refractivity contribution < 1.29 is 30.3 Å². The van der Waals surface area contributed by atoms with Crippen LogP contribution in [0.1, 0.15) is 0 Å². The van der Waals surface area contributed by atoms with Gasteiger partial charge in [0, 0.05) is 0 Å². The third kappa shape index (κ3) is 2.53. The first-order chi connectivity index (χ1) is 5.57. The molecule has 0 radical (unpaired) electrons. The second-order valence-corrected chi connectivity index (χ2v) is 2.72. The Hall–Kier alpha value is 0.110. The predicted molar refractivity (Wildman–Crippen MR) is 46.4 cm³/mol. The van der Waals surface area contributed by atoms with E-state index in [1.54, 1.807) is 0 Å². The highest BCUT2D eigenvalue weighted by Gasteiger charge is 2.42. The average molecular weight is 214 g/mol. The number of hydrogen-bond donors (Lipinski definition) is 5. The van der Waals surface area contributed by atoms with Crippen LogP contribution in [0.25, 0.3) is 0 Å². The lowest BCUT2D eigenvalue weighted by atomic mass is 10.00. The largest absolute Gasteiger partial charge is 0.394 e. The molecule has 6 nitrogen and oxygen atoms in total. The van der Waals surface area contributed by atoms with Crippen LogP contribution >= 0.6 is 13.5 Å². The first-order valence-corrected chi connectivity index (χ1v) is 3.56. The van der Waals surface area contributed by atoms with Crippen LogP contribution in [-0.2, 0) is 4.74 Å². The molecule has 1 rings (SSSR count). The molecule has 1 aliphatic rings. The van der Waals surface area contributed by atoms with Gasteiger partial charge in [-0.3, -0.25) is 0 Å². The van der Waals surface area contributed by atoms with Crippen LogP contribution in [0.15, 0.2) is 0 Å². The molecule has 0 saturated carbocycles. The van der Waals surface area contributed by atoms with Gasteiger partial charge in [-0.05, 0) is 0 Å². The number of hydrogen-bond acceptors (Lipinski definition) is 6. The minimum Gasteiger partial charge on any atom is -0.394 e. The maximum absolute atomic E-state index is 9.12. The van der Waals surface area contributed by atoms with Gasteiger partial charge >= 0.3 is 0 Å². The maximum Gasteiger partial charge on any atom is 0.184 e. The van der Waals surface area contributed by atoms with Crippen molar-refractivity contribution in [2.24, 2.45) is 0 Å². The highest BCUT2D eigenvalue weighted by Crippen LogP contribution is 2.18. The summed E-state index contributed by atoms with van der Waals surface area (Å²) in [6, 6.07) is 0. The summed E-state index contributed by atoms with van der Waals surface area (Å²) in [7, 11) is 0. The highest BCUT2D eigenvalue weighted by atomic mass is 32.1. The average Bonchev–Trinajstić information content (AvgIpc) is 2.08. The van der Waals surface area contributed by atoms with Crippen LogP contribution in [0.3, 0.4) is 0 Å². The first kappa shape index (κ1) is 13.1. The number of rotatable bonds is 1. The normalized spacial score (nSPS) is 45.5. The smallest absolute Gasteiger partial charge is 0.184 e. The third-order valence-corrected chi connectivity index (χ3v) is 1.87. The number of aliphatic hydroxyl groups excluding tert-OH is 5. The lowest BCUT2D eigenvalue weighted by molar-refractivity contribution is -0.286. The number of aliphatic hydroxyl groups is 5. The van der Waals surface area contributed by atoms with Crippen LogP contribution in [-0.4, -0.2) is 62.8 Å². The third-order valence-electron chi connectivity index (χ3n) is 1.87. The summed E-state index contributed by atoms with van der Waals surface area (Å²) in [4.78, 5) is 0. The van der Waals surface area contributed by atoms with Crippen molar-refractivity contribution in [1.82, 2.24) is 0 Å². The van der Waals surface area contributed by atoms with E-state index in [0.29, 0.717) is 0 Å². The summed E-state index contributed by atoms with van der Waals surface area (Å²) in [5.74, 6) is 0. The van der Waals surface area contributed by atoms with Gasteiger partial charge in [-0.1, -0.05) is 0 Å². The van der Waals surface area contributed by atoms with Crippen molar-refractivity contribution in [2.45, 2.75) is 30.7 Å². The van der Waals surface area contributed by atoms with Crippen LogP contribution in [0.5, 0.6) is 0 Å². The summed E-state index contributed by atoms with van der Waals surface area (Å²) in [6.07, 6.45) is -7.04. The van der Waals surface area contributed by atoms with Crippen LogP contribution in [0.2, 0.25) is 0 Å². The zero-order chi connectivity index (χ0) is 9.30. The van der Waals surface area contributed by atoms with Crippen LogP contribution < -0.4 is 0 Å². The molecule has 5 N–H and O–H groups in total. The molecule has 0 aromatic carbocycles. The predicted octanol–water partition coefficient (Wildman–Crippen LogP) is -3.11. The Bertz CT molecular complexity index is 151. The summed E-state index contributed by atoms with van der Waals surface area (Å²) >= 11 is 0. The fraction of sp³-hybridized carbons (Fsp3) is 1.00. The fourth-order valence-corrected chi connectivity index (χ4v) is 1.08. The second kappa shape index (κ2) is 5.11. The quantitative estimate of drug-likeness (QED) is 0.316. The van der Waals surface area contributed by atoms with Gasteiger partial charge in [-0.2, -0.15) is 13.5 Å². The fourth-order valence-electron chi connectivity index (χ4n) is 1.08. The van der Waals surface area contributed by atoms with E-state index in [0.717, 1.165) is 0 Å². The minimum absolute atomic E-state index is 0. The van der Waals surface area contributed by atoms with Crippen molar-refractivity contribution in [2.75, 3.05) is 6.61 Å². The van der Waals surface area contributed by atoms with Gasteiger partial charge in [0.1, 0.15) is 24.4 Å². The summed E-state index contributed by atoms with van der Waals surface area (Å²) in [6.45, 7) is -0.526. The number of ether oxygens (including phenoxy) is 1. The van der Waals surface area contributed by atoms with Crippen molar-refractivity contribution in [3.8, 4) is 0 Å². The van der Waals surface area contributed by atoms with E-state index in [1.165, 1.54) is 0 Å². The molecular weight excluding hydrogens is 200 g/mol. The van der Waals surface area contributed by atoms with E-state index < -0.39 is 37.3 Å². The molecule has 0 bridgehead atoms. The zero-order valence-corrected chi connectivity index (χ0v) is 7.74. The zero-order valence-electron chi connectivity index (χ0n) is 6.74. The maximum atomic E-state index is 9.12. The second-order valence-electron chi connectivity index (χ2n) is 2.72. The molecule has 0 aromatic rings. The van der Waals surface area contributed by atoms with Crippen LogP contribution in [0.4, 0.5) is 0 Å². The standard InChI is InChI=1S/C6H12O6.H2S/c7-1-2-3(8)4(9)5(10)6(11)12-2;/h2-11H,1H2;1H2/t2?,3?,4?,5-,6?;/m1./s1. The van der Waals surface area contributed by atoms with Crippen molar-refractivity contribution in [1.29, 1.82) is 0 Å². The van der Waals surface area contributed by atoms with Gasteiger partial charge in [0.2, 0.25) is 0 Å². The molecule has 1 saturated heterocycles. The van der Waals surface area contributed by atoms with Gasteiger partial charge in [-0.15, -0.1) is 0 Å². The van der Waals surface area contributed by atoms with E-state index in [4.69, 9.17) is 25.5 Å².